The number of amides is 1. The van der Waals surface area contributed by atoms with Crippen molar-refractivity contribution in [3.63, 3.8) is 0 Å². The molecule has 0 saturated carbocycles. The molecule has 1 atom stereocenters. The molecule has 1 aliphatic heterocycles. The third-order valence-corrected chi connectivity index (χ3v) is 2.95. The lowest BCUT2D eigenvalue weighted by atomic mass is 10.2. The van der Waals surface area contributed by atoms with Gasteiger partial charge in [-0.3, -0.25) is 4.79 Å². The van der Waals surface area contributed by atoms with Crippen LogP contribution in [0.25, 0.3) is 0 Å². The minimum Gasteiger partial charge on any atom is -0.394 e. The Labute approximate surface area is 97.2 Å². The first-order valence-corrected chi connectivity index (χ1v) is 5.38. The number of rotatable bonds is 3. The second kappa shape index (κ2) is 4.54. The number of likely N-dealkylation sites (tertiary alicyclic amines) is 1. The monoisotopic (exact) mass is 239 g/mol. The van der Waals surface area contributed by atoms with Gasteiger partial charge >= 0.3 is 5.82 Å². The van der Waals surface area contributed by atoms with Crippen LogP contribution in [0.2, 0.25) is 0 Å². The van der Waals surface area contributed by atoms with E-state index >= 15 is 0 Å². The van der Waals surface area contributed by atoms with Gasteiger partial charge < -0.3 is 20.1 Å². The van der Waals surface area contributed by atoms with E-state index in [-0.39, 0.29) is 30.1 Å². The summed E-state index contributed by atoms with van der Waals surface area (Å²) in [5.41, 5.74) is 0.192. The second-order valence-corrected chi connectivity index (χ2v) is 3.99. The molecule has 1 aliphatic rings. The Balaban J connectivity index is 2.16. The van der Waals surface area contributed by atoms with Gasteiger partial charge in [0, 0.05) is 12.6 Å². The van der Waals surface area contributed by atoms with Crippen molar-refractivity contribution in [2.45, 2.75) is 18.9 Å². The normalized spacial score (nSPS) is 19.6. The minimum absolute atomic E-state index is 0.0749. The summed E-state index contributed by atoms with van der Waals surface area (Å²) in [5, 5.41) is 19.6. The predicted octanol–water partition coefficient (Wildman–Crippen LogP) is 0.520. The second-order valence-electron chi connectivity index (χ2n) is 3.99. The predicted molar refractivity (Wildman–Crippen MR) is 58.6 cm³/mol. The van der Waals surface area contributed by atoms with Gasteiger partial charge in [0.1, 0.15) is 0 Å². The van der Waals surface area contributed by atoms with Crippen LogP contribution in [-0.2, 0) is 0 Å². The lowest BCUT2D eigenvalue weighted by Crippen LogP contribution is -2.37. The van der Waals surface area contributed by atoms with Crippen LogP contribution >= 0.6 is 0 Å². The molecule has 0 spiro atoms. The Kier molecular flexibility index (Phi) is 3.10. The molecule has 2 N–H and O–H groups in total. The number of aliphatic hydroxyl groups excluding tert-OH is 1. The minimum atomic E-state index is -0.579. The average molecular weight is 239 g/mol. The van der Waals surface area contributed by atoms with Crippen molar-refractivity contribution in [3.8, 4) is 0 Å². The first kappa shape index (κ1) is 11.6. The van der Waals surface area contributed by atoms with Crippen molar-refractivity contribution < 1.29 is 14.8 Å². The summed E-state index contributed by atoms with van der Waals surface area (Å²) in [5.74, 6) is -0.497. The van der Waals surface area contributed by atoms with E-state index in [9.17, 15) is 14.9 Å². The number of nitro groups is 1. The first-order chi connectivity index (χ1) is 8.13. The SMILES string of the molecule is O=C(c1ccc([N+](=O)[O-])[nH]1)N1CCCC1CO. The van der Waals surface area contributed by atoms with E-state index in [4.69, 9.17) is 5.11 Å². The zero-order valence-electron chi connectivity index (χ0n) is 9.13. The zero-order valence-corrected chi connectivity index (χ0v) is 9.13. The highest BCUT2D eigenvalue weighted by atomic mass is 16.6. The van der Waals surface area contributed by atoms with Crippen molar-refractivity contribution >= 4 is 11.7 Å². The van der Waals surface area contributed by atoms with Crippen LogP contribution in [0.3, 0.4) is 0 Å². The molecule has 1 fully saturated rings. The fourth-order valence-electron chi connectivity index (χ4n) is 2.06. The van der Waals surface area contributed by atoms with Gasteiger partial charge in [-0.2, -0.15) is 0 Å². The van der Waals surface area contributed by atoms with Gasteiger partial charge in [-0.1, -0.05) is 0 Å². The Morgan fingerprint density at radius 3 is 3.00 bits per heavy atom. The molecule has 0 aromatic carbocycles. The number of hydrogen-bond acceptors (Lipinski definition) is 4. The van der Waals surface area contributed by atoms with Gasteiger partial charge in [-0.05, 0) is 23.8 Å². The molecule has 2 rings (SSSR count). The van der Waals surface area contributed by atoms with E-state index in [1.807, 2.05) is 0 Å². The first-order valence-electron chi connectivity index (χ1n) is 5.38. The number of aromatic nitrogens is 1. The quantitative estimate of drug-likeness (QED) is 0.593. The van der Waals surface area contributed by atoms with Gasteiger partial charge in [0.05, 0.1) is 12.6 Å². The Morgan fingerprint density at radius 2 is 2.41 bits per heavy atom. The highest BCUT2D eigenvalue weighted by Crippen LogP contribution is 2.20. The van der Waals surface area contributed by atoms with Crippen LogP contribution in [0.5, 0.6) is 0 Å². The maximum atomic E-state index is 12.0. The largest absolute Gasteiger partial charge is 0.394 e. The van der Waals surface area contributed by atoms with E-state index in [1.165, 1.54) is 12.1 Å². The third-order valence-electron chi connectivity index (χ3n) is 2.95. The van der Waals surface area contributed by atoms with Crippen molar-refractivity contribution in [3.05, 3.63) is 27.9 Å². The van der Waals surface area contributed by atoms with Crippen LogP contribution in [0.15, 0.2) is 12.1 Å². The molecule has 17 heavy (non-hydrogen) atoms. The third kappa shape index (κ3) is 2.14. The fraction of sp³-hybridized carbons (Fsp3) is 0.500. The topological polar surface area (TPSA) is 99.5 Å². The summed E-state index contributed by atoms with van der Waals surface area (Å²) in [4.78, 5) is 25.9. The van der Waals surface area contributed by atoms with Gasteiger partial charge in [-0.25, -0.2) is 4.98 Å². The van der Waals surface area contributed by atoms with Gasteiger partial charge in [0.2, 0.25) is 0 Å². The molecule has 1 aromatic heterocycles. The van der Waals surface area contributed by atoms with Crippen LogP contribution in [0.1, 0.15) is 23.3 Å². The molecule has 0 radical (unpaired) electrons. The highest BCUT2D eigenvalue weighted by molar-refractivity contribution is 5.93. The number of nitrogens with zero attached hydrogens (tertiary/aromatic N) is 2. The lowest BCUT2D eigenvalue weighted by molar-refractivity contribution is -0.389. The van der Waals surface area contributed by atoms with E-state index in [0.29, 0.717) is 6.54 Å². The van der Waals surface area contributed by atoms with Crippen molar-refractivity contribution in [1.29, 1.82) is 0 Å². The fourth-order valence-corrected chi connectivity index (χ4v) is 2.06. The van der Waals surface area contributed by atoms with Crippen molar-refractivity contribution in [1.82, 2.24) is 9.88 Å². The summed E-state index contributed by atoms with van der Waals surface area (Å²) in [7, 11) is 0. The highest BCUT2D eigenvalue weighted by Gasteiger charge is 2.31. The number of H-pyrrole nitrogens is 1. The smallest absolute Gasteiger partial charge is 0.321 e. The van der Waals surface area contributed by atoms with Crippen molar-refractivity contribution in [2.75, 3.05) is 13.2 Å². The summed E-state index contributed by atoms with van der Waals surface area (Å²) < 4.78 is 0. The lowest BCUT2D eigenvalue weighted by Gasteiger charge is -2.21. The molecular weight excluding hydrogens is 226 g/mol. The summed E-state index contributed by atoms with van der Waals surface area (Å²) >= 11 is 0. The standard InChI is InChI=1S/C10H13N3O4/c14-6-7-2-1-5-12(7)10(15)8-3-4-9(11-8)13(16)17/h3-4,7,11,14H,1-2,5-6H2. The molecule has 0 bridgehead atoms. The number of aliphatic hydroxyl groups is 1. The Bertz CT molecular complexity index is 443. The molecule has 1 unspecified atom stereocenters. The molecule has 92 valence electrons. The van der Waals surface area contributed by atoms with Crippen molar-refractivity contribution in [2.24, 2.45) is 0 Å². The molecule has 7 nitrogen and oxygen atoms in total. The molecule has 2 heterocycles. The van der Waals surface area contributed by atoms with Gasteiger partial charge in [0.15, 0.2) is 5.69 Å². The number of carbonyl (C=O) groups is 1. The maximum absolute atomic E-state index is 12.0. The molecular formula is C10H13N3O4. The van der Waals surface area contributed by atoms with E-state index in [1.54, 1.807) is 4.90 Å². The molecule has 7 heteroatoms. The molecule has 1 saturated heterocycles. The van der Waals surface area contributed by atoms with Gasteiger partial charge in [-0.15, -0.1) is 0 Å². The summed E-state index contributed by atoms with van der Waals surface area (Å²) in [6.45, 7) is 0.505. The number of nitrogens with one attached hydrogen (secondary N) is 1. The number of hydrogen-bond donors (Lipinski definition) is 2. The number of aromatic amines is 1. The zero-order chi connectivity index (χ0) is 12.4. The summed E-state index contributed by atoms with van der Waals surface area (Å²) in [6.07, 6.45) is 1.62. The van der Waals surface area contributed by atoms with Gasteiger partial charge in [0.25, 0.3) is 5.91 Å². The molecule has 1 amide bonds. The maximum Gasteiger partial charge on any atom is 0.321 e. The van der Waals surface area contributed by atoms with Crippen LogP contribution in [0, 0.1) is 10.1 Å². The van der Waals surface area contributed by atoms with Crippen LogP contribution in [-0.4, -0.2) is 45.0 Å². The van der Waals surface area contributed by atoms with E-state index in [0.717, 1.165) is 12.8 Å². The van der Waals surface area contributed by atoms with Crippen LogP contribution < -0.4 is 0 Å². The molecule has 1 aromatic rings. The number of carbonyl (C=O) groups excluding carboxylic acids is 1. The molecule has 0 aliphatic carbocycles. The Hall–Kier alpha value is -1.89. The van der Waals surface area contributed by atoms with E-state index in [2.05, 4.69) is 4.98 Å². The summed E-state index contributed by atoms with van der Waals surface area (Å²) in [6, 6.07) is 2.48. The Morgan fingerprint density at radius 1 is 1.65 bits per heavy atom. The average Bonchev–Trinajstić information content (AvgIpc) is 2.96. The van der Waals surface area contributed by atoms with Crippen LogP contribution in [0.4, 0.5) is 5.82 Å². The van der Waals surface area contributed by atoms with E-state index < -0.39 is 4.92 Å².